The van der Waals surface area contributed by atoms with Gasteiger partial charge < -0.3 is 5.11 Å². The minimum atomic E-state index is -1.25. The largest absolute Gasteiger partial charge is 0.464 e. The molecule has 0 radical (unpaired) electrons. The molecule has 0 saturated heterocycles. The summed E-state index contributed by atoms with van der Waals surface area (Å²) in [6.07, 6.45) is 4.97. The van der Waals surface area contributed by atoms with E-state index in [2.05, 4.69) is 4.98 Å². The van der Waals surface area contributed by atoms with E-state index in [9.17, 15) is 9.59 Å². The molecule has 0 aliphatic carbocycles. The molecule has 0 fully saturated rings. The number of aromatic nitrogens is 2. The van der Waals surface area contributed by atoms with E-state index in [4.69, 9.17) is 5.11 Å². The van der Waals surface area contributed by atoms with Crippen molar-refractivity contribution in [3.05, 3.63) is 64.3 Å². The quantitative estimate of drug-likeness (QED) is 0.848. The third kappa shape index (κ3) is 3.54. The second-order valence-electron chi connectivity index (χ2n) is 4.52. The molecule has 5 heteroatoms. The van der Waals surface area contributed by atoms with Gasteiger partial charge in [0.05, 0.1) is 0 Å². The smallest absolute Gasteiger partial charge is 0.418 e. The molecule has 0 saturated carbocycles. The van der Waals surface area contributed by atoms with Gasteiger partial charge in [-0.05, 0) is 43.9 Å². The van der Waals surface area contributed by atoms with Crippen LogP contribution in [0.2, 0.25) is 0 Å². The predicted molar refractivity (Wildman–Crippen MR) is 75.0 cm³/mol. The van der Waals surface area contributed by atoms with E-state index in [-0.39, 0.29) is 0 Å². The number of unbranched alkanes of at least 4 members (excludes halogenated alkanes) is 1. The Balaban J connectivity index is 1.90. The summed E-state index contributed by atoms with van der Waals surface area (Å²) in [6.45, 7) is 0. The fraction of sp³-hybridized carbons (Fsp3) is 0.267. The summed E-state index contributed by atoms with van der Waals surface area (Å²) in [5.41, 5.74) is 1.12. The summed E-state index contributed by atoms with van der Waals surface area (Å²) in [5.74, 6) is 0. The lowest BCUT2D eigenvalue weighted by Crippen LogP contribution is -2.27. The number of carbonyl (C=O) groups is 1. The molecule has 2 heterocycles. The average Bonchev–Trinajstić information content (AvgIpc) is 2.46. The highest BCUT2D eigenvalue weighted by molar-refractivity contribution is 5.67. The average molecular weight is 272 g/mol. The Morgan fingerprint density at radius 3 is 2.65 bits per heavy atom. The van der Waals surface area contributed by atoms with Crippen molar-refractivity contribution in [2.24, 2.45) is 0 Å². The molecule has 0 aliphatic rings. The van der Waals surface area contributed by atoms with Crippen LogP contribution in [0.3, 0.4) is 0 Å². The molecule has 0 bridgehead atoms. The van der Waals surface area contributed by atoms with Crippen molar-refractivity contribution in [1.82, 2.24) is 9.55 Å². The molecule has 2 rings (SSSR count). The number of pyridine rings is 2. The maximum Gasteiger partial charge on any atom is 0.418 e. The molecule has 0 amide bonds. The van der Waals surface area contributed by atoms with Crippen molar-refractivity contribution < 1.29 is 9.90 Å². The topological polar surface area (TPSA) is 72.2 Å². The number of hydrogen-bond donors (Lipinski definition) is 1. The summed E-state index contributed by atoms with van der Waals surface area (Å²) in [6, 6.07) is 9.07. The number of rotatable bonds is 5. The highest BCUT2D eigenvalue weighted by atomic mass is 16.4. The SMILES string of the molecule is O=C(O)n1cccc(CCCCc2ccccn2)c1=O. The van der Waals surface area contributed by atoms with Crippen molar-refractivity contribution in [3.63, 3.8) is 0 Å². The van der Waals surface area contributed by atoms with Crippen LogP contribution in [0.1, 0.15) is 24.1 Å². The first kappa shape index (κ1) is 14.0. The highest BCUT2D eigenvalue weighted by Gasteiger charge is 2.07. The van der Waals surface area contributed by atoms with Crippen LogP contribution in [0.5, 0.6) is 0 Å². The molecule has 2 aromatic heterocycles. The van der Waals surface area contributed by atoms with Gasteiger partial charge in [-0.1, -0.05) is 12.1 Å². The Kier molecular flexibility index (Phi) is 4.65. The summed E-state index contributed by atoms with van der Waals surface area (Å²) < 4.78 is 0.716. The van der Waals surface area contributed by atoms with Gasteiger partial charge in [-0.15, -0.1) is 0 Å². The van der Waals surface area contributed by atoms with Gasteiger partial charge in [0, 0.05) is 23.7 Å². The molecule has 0 spiro atoms. The van der Waals surface area contributed by atoms with Crippen LogP contribution in [0.25, 0.3) is 0 Å². The Morgan fingerprint density at radius 1 is 1.15 bits per heavy atom. The molecule has 2 aromatic rings. The van der Waals surface area contributed by atoms with Crippen molar-refractivity contribution in [2.75, 3.05) is 0 Å². The zero-order chi connectivity index (χ0) is 14.4. The van der Waals surface area contributed by atoms with Crippen LogP contribution >= 0.6 is 0 Å². The molecule has 0 aliphatic heterocycles. The van der Waals surface area contributed by atoms with Crippen molar-refractivity contribution in [1.29, 1.82) is 0 Å². The summed E-state index contributed by atoms with van der Waals surface area (Å²) >= 11 is 0. The summed E-state index contributed by atoms with van der Waals surface area (Å²) in [5, 5.41) is 8.87. The maximum atomic E-state index is 11.8. The maximum absolute atomic E-state index is 11.8. The summed E-state index contributed by atoms with van der Waals surface area (Å²) in [7, 11) is 0. The van der Waals surface area contributed by atoms with Gasteiger partial charge in [-0.25, -0.2) is 9.36 Å². The number of aryl methyl sites for hydroxylation is 2. The van der Waals surface area contributed by atoms with Crippen LogP contribution < -0.4 is 5.56 Å². The van der Waals surface area contributed by atoms with Gasteiger partial charge in [0.1, 0.15) is 0 Å². The van der Waals surface area contributed by atoms with Crippen LogP contribution in [-0.4, -0.2) is 20.8 Å². The standard InChI is InChI=1S/C15H16N2O3/c18-14-12(7-5-11-17(14)15(19)20)6-1-2-8-13-9-3-4-10-16-13/h3-5,7,9-11H,1-2,6,8H2,(H,19,20). The minimum absolute atomic E-state index is 0.446. The Labute approximate surface area is 116 Å². The fourth-order valence-corrected chi connectivity index (χ4v) is 2.05. The Morgan fingerprint density at radius 2 is 1.95 bits per heavy atom. The molecule has 104 valence electrons. The number of carboxylic acid groups (broad SMARTS) is 1. The lowest BCUT2D eigenvalue weighted by Gasteiger charge is -2.04. The number of nitrogens with zero attached hydrogens (tertiary/aromatic N) is 2. The first-order valence-electron chi connectivity index (χ1n) is 6.52. The molecule has 0 aromatic carbocycles. The zero-order valence-electron chi connectivity index (χ0n) is 11.0. The normalized spacial score (nSPS) is 10.4. The van der Waals surface area contributed by atoms with Crippen LogP contribution in [0, 0.1) is 0 Å². The zero-order valence-corrected chi connectivity index (χ0v) is 11.0. The third-order valence-corrected chi connectivity index (χ3v) is 3.09. The molecule has 1 N–H and O–H groups in total. The molecule has 20 heavy (non-hydrogen) atoms. The predicted octanol–water partition coefficient (Wildman–Crippen LogP) is 2.33. The van der Waals surface area contributed by atoms with E-state index < -0.39 is 11.7 Å². The van der Waals surface area contributed by atoms with Crippen LogP contribution in [0.4, 0.5) is 4.79 Å². The third-order valence-electron chi connectivity index (χ3n) is 3.09. The number of hydrogen-bond acceptors (Lipinski definition) is 3. The first-order chi connectivity index (χ1) is 9.68. The van der Waals surface area contributed by atoms with Crippen molar-refractivity contribution >= 4 is 6.09 Å². The molecule has 0 unspecified atom stereocenters. The fourth-order valence-electron chi connectivity index (χ4n) is 2.05. The van der Waals surface area contributed by atoms with Gasteiger partial charge in [0.2, 0.25) is 0 Å². The first-order valence-corrected chi connectivity index (χ1v) is 6.52. The minimum Gasteiger partial charge on any atom is -0.464 e. The summed E-state index contributed by atoms with van der Waals surface area (Å²) in [4.78, 5) is 26.9. The van der Waals surface area contributed by atoms with E-state index >= 15 is 0 Å². The molecule has 5 nitrogen and oxygen atoms in total. The molecular formula is C15H16N2O3. The Bertz CT molecular complexity index is 635. The Hall–Kier alpha value is -2.43. The van der Waals surface area contributed by atoms with Crippen molar-refractivity contribution in [2.45, 2.75) is 25.7 Å². The van der Waals surface area contributed by atoms with Gasteiger partial charge in [-0.3, -0.25) is 9.78 Å². The van der Waals surface area contributed by atoms with Crippen LogP contribution in [-0.2, 0) is 12.8 Å². The highest BCUT2D eigenvalue weighted by Crippen LogP contribution is 2.05. The van der Waals surface area contributed by atoms with Gasteiger partial charge in [-0.2, -0.15) is 0 Å². The van der Waals surface area contributed by atoms with E-state index in [0.29, 0.717) is 16.6 Å². The van der Waals surface area contributed by atoms with E-state index in [1.807, 2.05) is 18.2 Å². The molecular weight excluding hydrogens is 256 g/mol. The second kappa shape index (κ2) is 6.65. The van der Waals surface area contributed by atoms with Gasteiger partial charge in [0.15, 0.2) is 0 Å². The van der Waals surface area contributed by atoms with Crippen LogP contribution in [0.15, 0.2) is 47.5 Å². The second-order valence-corrected chi connectivity index (χ2v) is 4.52. The van der Waals surface area contributed by atoms with E-state index in [1.54, 1.807) is 18.3 Å². The van der Waals surface area contributed by atoms with Gasteiger partial charge >= 0.3 is 6.09 Å². The lowest BCUT2D eigenvalue weighted by atomic mass is 10.1. The monoisotopic (exact) mass is 272 g/mol. The molecule has 0 atom stereocenters. The van der Waals surface area contributed by atoms with E-state index in [0.717, 1.165) is 25.0 Å². The lowest BCUT2D eigenvalue weighted by molar-refractivity contribution is 0.195. The van der Waals surface area contributed by atoms with Crippen molar-refractivity contribution in [3.8, 4) is 0 Å². The van der Waals surface area contributed by atoms with Gasteiger partial charge in [0.25, 0.3) is 5.56 Å². The van der Waals surface area contributed by atoms with E-state index in [1.165, 1.54) is 6.20 Å².